The van der Waals surface area contributed by atoms with E-state index < -0.39 is 0 Å². The second-order valence-corrected chi connectivity index (χ2v) is 3.30. The van der Waals surface area contributed by atoms with Crippen LogP contribution >= 0.6 is 0 Å². The number of aldehydes is 2. The summed E-state index contributed by atoms with van der Waals surface area (Å²) >= 11 is 0. The largest absolute Gasteiger partial charge is 0.387 e. The van der Waals surface area contributed by atoms with Crippen molar-refractivity contribution >= 4 is 18.3 Å². The molecule has 0 amide bonds. The molecule has 0 fully saturated rings. The highest BCUT2D eigenvalue weighted by Gasteiger charge is 1.86. The number of nitrogens with one attached hydrogen (secondary N) is 2. The Labute approximate surface area is 109 Å². The Morgan fingerprint density at radius 1 is 1.28 bits per heavy atom. The molecule has 5 nitrogen and oxygen atoms in total. The summed E-state index contributed by atoms with van der Waals surface area (Å²) in [5, 5.41) is 5.84. The summed E-state index contributed by atoms with van der Waals surface area (Å²) in [6.45, 7) is 4.26. The lowest BCUT2D eigenvalue weighted by atomic mass is 10.3. The van der Waals surface area contributed by atoms with Gasteiger partial charge in [-0.2, -0.15) is 0 Å². The van der Waals surface area contributed by atoms with Gasteiger partial charge >= 0.3 is 0 Å². The van der Waals surface area contributed by atoms with Gasteiger partial charge in [-0.1, -0.05) is 0 Å². The molecule has 0 saturated carbocycles. The maximum atomic E-state index is 9.52. The maximum absolute atomic E-state index is 9.52. The third-order valence-corrected chi connectivity index (χ3v) is 1.68. The van der Waals surface area contributed by atoms with Gasteiger partial charge < -0.3 is 20.2 Å². The van der Waals surface area contributed by atoms with Crippen molar-refractivity contribution in [3.63, 3.8) is 0 Å². The van der Waals surface area contributed by atoms with Gasteiger partial charge in [0.2, 0.25) is 0 Å². The van der Waals surface area contributed by atoms with Gasteiger partial charge in [0.15, 0.2) is 0 Å². The highest BCUT2D eigenvalue weighted by atomic mass is 16.1. The van der Waals surface area contributed by atoms with Crippen molar-refractivity contribution in [2.24, 2.45) is 0 Å². The van der Waals surface area contributed by atoms with Crippen LogP contribution in [0, 0.1) is 6.92 Å². The van der Waals surface area contributed by atoms with E-state index >= 15 is 0 Å². The minimum Gasteiger partial charge on any atom is -0.387 e. The lowest BCUT2D eigenvalue weighted by Gasteiger charge is -1.97. The summed E-state index contributed by atoms with van der Waals surface area (Å²) in [7, 11) is 3.71. The van der Waals surface area contributed by atoms with Crippen LogP contribution in [0.15, 0.2) is 18.5 Å². The summed E-state index contributed by atoms with van der Waals surface area (Å²) in [5.41, 5.74) is 2.25. The summed E-state index contributed by atoms with van der Waals surface area (Å²) in [6, 6.07) is 2.05. The Hall–Kier alpha value is -1.75. The van der Waals surface area contributed by atoms with Gasteiger partial charge in [0.25, 0.3) is 0 Å². The Morgan fingerprint density at radius 3 is 2.17 bits per heavy atom. The van der Waals surface area contributed by atoms with Gasteiger partial charge in [0, 0.05) is 32.4 Å². The smallest absolute Gasteiger partial charge is 0.121 e. The van der Waals surface area contributed by atoms with Crippen LogP contribution in [0.3, 0.4) is 0 Å². The standard InChI is InChI=1S/C7H10N2.C4H9NO.C2H4O/c1-6-3-7(8-2)5-9-4-6;1-5-3-2-4-6;1-2-3/h3-5,8H,1-2H3;4-5H,2-3H2,1H3;2H,1H3. The minimum absolute atomic E-state index is 0.622. The molecule has 0 bridgehead atoms. The average molecular weight is 253 g/mol. The molecule has 18 heavy (non-hydrogen) atoms. The molecule has 0 aliphatic carbocycles. The first-order chi connectivity index (χ1) is 8.65. The number of rotatable bonds is 4. The quantitative estimate of drug-likeness (QED) is 0.627. The van der Waals surface area contributed by atoms with Crippen LogP contribution in [-0.4, -0.2) is 38.2 Å². The molecule has 0 unspecified atom stereocenters. The van der Waals surface area contributed by atoms with Gasteiger partial charge in [-0.25, -0.2) is 0 Å². The van der Waals surface area contributed by atoms with Crippen LogP contribution in [0.2, 0.25) is 0 Å². The Morgan fingerprint density at radius 2 is 1.89 bits per heavy atom. The molecular formula is C13H23N3O2. The number of nitrogens with zero attached hydrogens (tertiary/aromatic N) is 1. The number of hydrogen-bond acceptors (Lipinski definition) is 5. The van der Waals surface area contributed by atoms with Gasteiger partial charge in [-0.05, 0) is 32.5 Å². The molecule has 0 radical (unpaired) electrons. The molecule has 0 atom stereocenters. The van der Waals surface area contributed by atoms with Crippen LogP contribution in [-0.2, 0) is 9.59 Å². The predicted octanol–water partition coefficient (Wildman–Crippen LogP) is 1.43. The molecule has 0 aliphatic rings. The van der Waals surface area contributed by atoms with E-state index in [1.807, 2.05) is 33.3 Å². The van der Waals surface area contributed by atoms with Gasteiger partial charge in [-0.3, -0.25) is 4.98 Å². The fraction of sp³-hybridized carbons (Fsp3) is 0.462. The maximum Gasteiger partial charge on any atom is 0.121 e. The number of pyridine rings is 1. The third kappa shape index (κ3) is 14.2. The normalized spacial score (nSPS) is 8.00. The van der Waals surface area contributed by atoms with Gasteiger partial charge in [-0.15, -0.1) is 0 Å². The molecule has 0 spiro atoms. The second kappa shape index (κ2) is 15.2. The SMILES string of the molecule is CC=O.CNCCC=O.CNc1cncc(C)c1. The Balaban J connectivity index is 0. The predicted molar refractivity (Wildman–Crippen MR) is 74.9 cm³/mol. The lowest BCUT2D eigenvalue weighted by molar-refractivity contribution is -0.108. The highest BCUT2D eigenvalue weighted by Crippen LogP contribution is 2.04. The molecule has 1 rings (SSSR count). The first-order valence-electron chi connectivity index (χ1n) is 5.73. The van der Waals surface area contributed by atoms with E-state index in [2.05, 4.69) is 15.6 Å². The van der Waals surface area contributed by atoms with E-state index in [1.54, 1.807) is 6.20 Å². The van der Waals surface area contributed by atoms with Crippen molar-refractivity contribution in [1.82, 2.24) is 10.3 Å². The number of aryl methyl sites for hydroxylation is 1. The number of anilines is 1. The van der Waals surface area contributed by atoms with Crippen LogP contribution in [0.5, 0.6) is 0 Å². The number of hydrogen-bond donors (Lipinski definition) is 2. The topological polar surface area (TPSA) is 71.1 Å². The number of carbonyl (C=O) groups is 2. The molecule has 1 aromatic heterocycles. The molecule has 0 aliphatic heterocycles. The molecule has 5 heteroatoms. The van der Waals surface area contributed by atoms with Crippen molar-refractivity contribution in [2.45, 2.75) is 20.3 Å². The average Bonchev–Trinajstić information content (AvgIpc) is 2.38. The van der Waals surface area contributed by atoms with Gasteiger partial charge in [0.05, 0.1) is 5.69 Å². The summed E-state index contributed by atoms with van der Waals surface area (Å²) < 4.78 is 0. The molecule has 1 aromatic rings. The zero-order valence-electron chi connectivity index (χ0n) is 11.6. The number of aromatic nitrogens is 1. The summed E-state index contributed by atoms with van der Waals surface area (Å²) in [6.07, 6.45) is 5.90. The zero-order chi connectivity index (χ0) is 14.2. The molecule has 2 N–H and O–H groups in total. The van der Waals surface area contributed by atoms with E-state index in [0.717, 1.165) is 24.8 Å². The summed E-state index contributed by atoms with van der Waals surface area (Å²) in [4.78, 5) is 22.3. The second-order valence-electron chi connectivity index (χ2n) is 3.30. The van der Waals surface area contributed by atoms with E-state index in [1.165, 1.54) is 12.5 Å². The van der Waals surface area contributed by atoms with Crippen LogP contribution < -0.4 is 10.6 Å². The monoisotopic (exact) mass is 253 g/mol. The van der Waals surface area contributed by atoms with Crippen molar-refractivity contribution in [3.8, 4) is 0 Å². The van der Waals surface area contributed by atoms with Crippen LogP contribution in [0.1, 0.15) is 18.9 Å². The van der Waals surface area contributed by atoms with E-state index in [9.17, 15) is 4.79 Å². The summed E-state index contributed by atoms with van der Waals surface area (Å²) in [5.74, 6) is 0. The van der Waals surface area contributed by atoms with E-state index in [0.29, 0.717) is 6.42 Å². The molecule has 1 heterocycles. The molecule has 0 saturated heterocycles. The highest BCUT2D eigenvalue weighted by molar-refractivity contribution is 5.49. The van der Waals surface area contributed by atoms with Crippen LogP contribution in [0.25, 0.3) is 0 Å². The Kier molecular flexibility index (Phi) is 15.8. The molecule has 0 aromatic carbocycles. The third-order valence-electron chi connectivity index (χ3n) is 1.68. The van der Waals surface area contributed by atoms with Crippen LogP contribution in [0.4, 0.5) is 5.69 Å². The van der Waals surface area contributed by atoms with E-state index in [-0.39, 0.29) is 0 Å². The van der Waals surface area contributed by atoms with Crippen molar-refractivity contribution < 1.29 is 9.59 Å². The fourth-order valence-corrected chi connectivity index (χ4v) is 0.895. The van der Waals surface area contributed by atoms with E-state index in [4.69, 9.17) is 4.79 Å². The molecule has 102 valence electrons. The van der Waals surface area contributed by atoms with Crippen molar-refractivity contribution in [1.29, 1.82) is 0 Å². The number of carbonyl (C=O) groups excluding carboxylic acids is 2. The Bertz CT molecular complexity index is 317. The van der Waals surface area contributed by atoms with Gasteiger partial charge in [0.1, 0.15) is 12.6 Å². The minimum atomic E-state index is 0.622. The van der Waals surface area contributed by atoms with Crippen molar-refractivity contribution in [3.05, 3.63) is 24.0 Å². The zero-order valence-corrected chi connectivity index (χ0v) is 11.6. The molecular weight excluding hydrogens is 230 g/mol. The first-order valence-corrected chi connectivity index (χ1v) is 5.73. The first kappa shape index (κ1) is 18.6. The fourth-order valence-electron chi connectivity index (χ4n) is 0.895. The lowest BCUT2D eigenvalue weighted by Crippen LogP contribution is -2.07. The van der Waals surface area contributed by atoms with Crippen molar-refractivity contribution in [2.75, 3.05) is 26.0 Å².